The van der Waals surface area contributed by atoms with Crippen molar-refractivity contribution in [2.45, 2.75) is 31.2 Å². The van der Waals surface area contributed by atoms with E-state index in [4.69, 9.17) is 0 Å². The summed E-state index contributed by atoms with van der Waals surface area (Å²) in [6.07, 6.45) is -3.53. The van der Waals surface area contributed by atoms with Gasteiger partial charge in [-0.2, -0.15) is 8.78 Å². The van der Waals surface area contributed by atoms with Gasteiger partial charge in [0.1, 0.15) is 6.04 Å². The first-order valence-electron chi connectivity index (χ1n) is 5.01. The molecule has 0 saturated carbocycles. The number of halogens is 4. The van der Waals surface area contributed by atoms with Gasteiger partial charge in [0.25, 0.3) is 5.91 Å². The molecule has 8 heteroatoms. The molecule has 1 aliphatic rings. The van der Waals surface area contributed by atoms with Gasteiger partial charge in [-0.05, 0) is 12.8 Å². The number of rotatable bonds is 3. The molecule has 1 unspecified atom stereocenters. The van der Waals surface area contributed by atoms with E-state index in [9.17, 15) is 27.2 Å². The normalized spacial score (nSPS) is 20.8. The molecule has 98 valence electrons. The number of nitrogens with zero attached hydrogens (tertiary/aromatic N) is 1. The number of likely N-dealkylation sites (N-methyl/N-ethyl adjacent to an activating group) is 1. The minimum atomic E-state index is -4.74. The van der Waals surface area contributed by atoms with E-state index < -0.39 is 30.2 Å². The van der Waals surface area contributed by atoms with Crippen LogP contribution in [0.3, 0.4) is 0 Å². The summed E-state index contributed by atoms with van der Waals surface area (Å²) in [7, 11) is 1.29. The Kier molecular flexibility index (Phi) is 3.94. The maximum atomic E-state index is 12.9. The number of nitrogens with one attached hydrogen (secondary N) is 1. The van der Waals surface area contributed by atoms with Crippen molar-refractivity contribution >= 4 is 11.8 Å². The molecule has 0 aliphatic carbocycles. The quantitative estimate of drug-likeness (QED) is 0.753. The van der Waals surface area contributed by atoms with Gasteiger partial charge in [0, 0.05) is 13.6 Å². The molecule has 1 rings (SSSR count). The van der Waals surface area contributed by atoms with Crippen LogP contribution in [0.4, 0.5) is 17.6 Å². The van der Waals surface area contributed by atoms with Gasteiger partial charge in [0.2, 0.25) is 5.91 Å². The van der Waals surface area contributed by atoms with Crippen molar-refractivity contribution in [3.05, 3.63) is 0 Å². The first-order valence-corrected chi connectivity index (χ1v) is 5.01. The predicted molar refractivity (Wildman–Crippen MR) is 49.8 cm³/mol. The monoisotopic (exact) mass is 256 g/mol. The Labute approximate surface area is 94.9 Å². The number of carbonyl (C=O) groups is 2. The molecule has 4 nitrogen and oxygen atoms in total. The molecular formula is C9H12F4N2O2. The van der Waals surface area contributed by atoms with E-state index in [0.29, 0.717) is 11.3 Å². The fourth-order valence-electron chi connectivity index (χ4n) is 1.73. The van der Waals surface area contributed by atoms with Gasteiger partial charge in [0.15, 0.2) is 0 Å². The summed E-state index contributed by atoms with van der Waals surface area (Å²) in [5, 5.41) is 2.21. The molecule has 0 aromatic carbocycles. The van der Waals surface area contributed by atoms with E-state index in [0.717, 1.165) is 0 Å². The van der Waals surface area contributed by atoms with E-state index in [1.165, 1.54) is 7.05 Å². The number of alkyl halides is 4. The largest absolute Gasteiger partial charge is 0.383 e. The fraction of sp³-hybridized carbons (Fsp3) is 0.778. The van der Waals surface area contributed by atoms with E-state index in [-0.39, 0.29) is 13.0 Å². The van der Waals surface area contributed by atoms with Crippen LogP contribution in [-0.4, -0.2) is 48.7 Å². The molecule has 1 saturated heterocycles. The van der Waals surface area contributed by atoms with Gasteiger partial charge < -0.3 is 10.2 Å². The fourth-order valence-corrected chi connectivity index (χ4v) is 1.73. The highest BCUT2D eigenvalue weighted by atomic mass is 19.3. The van der Waals surface area contributed by atoms with Gasteiger partial charge in [-0.3, -0.25) is 9.59 Å². The molecule has 0 aromatic heterocycles. The number of carbonyl (C=O) groups excluding carboxylic acids is 2. The standard InChI is InChI=1S/C9H12F4N2O2/c1-14-6(16)5-3-2-4-15(5)8(17)9(12,13)7(10)11/h5,7H,2-4H2,1H3,(H,14,16). The van der Waals surface area contributed by atoms with Gasteiger partial charge in [0.05, 0.1) is 0 Å². The van der Waals surface area contributed by atoms with Crippen LogP contribution in [0.15, 0.2) is 0 Å². The van der Waals surface area contributed by atoms with Crippen LogP contribution in [0, 0.1) is 0 Å². The molecule has 17 heavy (non-hydrogen) atoms. The minimum absolute atomic E-state index is 0.112. The number of amides is 2. The summed E-state index contributed by atoms with van der Waals surface area (Å²) >= 11 is 0. The highest BCUT2D eigenvalue weighted by Gasteiger charge is 2.53. The lowest BCUT2D eigenvalue weighted by molar-refractivity contribution is -0.182. The van der Waals surface area contributed by atoms with E-state index in [2.05, 4.69) is 5.32 Å². The van der Waals surface area contributed by atoms with Crippen LogP contribution in [-0.2, 0) is 9.59 Å². The maximum Gasteiger partial charge on any atom is 0.383 e. The Morgan fingerprint density at radius 3 is 2.47 bits per heavy atom. The molecule has 0 aromatic rings. The Morgan fingerprint density at radius 1 is 1.41 bits per heavy atom. The molecule has 0 spiro atoms. The molecular weight excluding hydrogens is 244 g/mol. The molecule has 1 fully saturated rings. The van der Waals surface area contributed by atoms with E-state index >= 15 is 0 Å². The Bertz CT molecular complexity index is 322. The van der Waals surface area contributed by atoms with Crippen molar-refractivity contribution in [3.63, 3.8) is 0 Å². The molecule has 0 radical (unpaired) electrons. The van der Waals surface area contributed by atoms with Gasteiger partial charge in [-0.1, -0.05) is 0 Å². The predicted octanol–water partition coefficient (Wildman–Crippen LogP) is 0.624. The van der Waals surface area contributed by atoms with Crippen LogP contribution in [0.25, 0.3) is 0 Å². The van der Waals surface area contributed by atoms with Crippen LogP contribution in [0.5, 0.6) is 0 Å². The summed E-state index contributed by atoms with van der Waals surface area (Å²) in [6, 6.07) is -1.09. The van der Waals surface area contributed by atoms with Crippen molar-refractivity contribution in [1.82, 2.24) is 10.2 Å². The van der Waals surface area contributed by atoms with Crippen LogP contribution in [0.2, 0.25) is 0 Å². The van der Waals surface area contributed by atoms with Crippen molar-refractivity contribution in [2.24, 2.45) is 0 Å². The van der Waals surface area contributed by atoms with Crippen LogP contribution < -0.4 is 5.32 Å². The number of hydrogen-bond acceptors (Lipinski definition) is 2. The third-order valence-corrected chi connectivity index (χ3v) is 2.62. The van der Waals surface area contributed by atoms with Gasteiger partial charge in [-0.15, -0.1) is 0 Å². The Hall–Kier alpha value is -1.34. The third-order valence-electron chi connectivity index (χ3n) is 2.62. The zero-order valence-corrected chi connectivity index (χ0v) is 9.05. The SMILES string of the molecule is CNC(=O)C1CCCN1C(=O)C(F)(F)C(F)F. The maximum absolute atomic E-state index is 12.9. The average Bonchev–Trinajstić information content (AvgIpc) is 2.75. The van der Waals surface area contributed by atoms with Crippen LogP contribution >= 0.6 is 0 Å². The molecule has 1 heterocycles. The summed E-state index contributed by atoms with van der Waals surface area (Å²) in [5.41, 5.74) is 0. The van der Waals surface area contributed by atoms with Crippen molar-refractivity contribution in [3.8, 4) is 0 Å². The zero-order chi connectivity index (χ0) is 13.2. The second-order valence-corrected chi connectivity index (χ2v) is 3.69. The average molecular weight is 256 g/mol. The second-order valence-electron chi connectivity index (χ2n) is 3.69. The Balaban J connectivity index is 2.85. The van der Waals surface area contributed by atoms with Crippen LogP contribution in [0.1, 0.15) is 12.8 Å². The van der Waals surface area contributed by atoms with Gasteiger partial charge in [-0.25, -0.2) is 8.78 Å². The molecule has 2 amide bonds. The summed E-state index contributed by atoms with van der Waals surface area (Å²) in [5.74, 6) is -7.35. The summed E-state index contributed by atoms with van der Waals surface area (Å²) < 4.78 is 49.8. The van der Waals surface area contributed by atoms with E-state index in [1.54, 1.807) is 0 Å². The number of likely N-dealkylation sites (tertiary alicyclic amines) is 1. The molecule has 1 atom stereocenters. The smallest absolute Gasteiger partial charge is 0.357 e. The van der Waals surface area contributed by atoms with Crippen molar-refractivity contribution in [1.29, 1.82) is 0 Å². The highest BCUT2D eigenvalue weighted by Crippen LogP contribution is 2.29. The molecule has 0 bridgehead atoms. The van der Waals surface area contributed by atoms with Crippen molar-refractivity contribution in [2.75, 3.05) is 13.6 Å². The first kappa shape index (κ1) is 13.7. The van der Waals surface area contributed by atoms with E-state index in [1.807, 2.05) is 0 Å². The topological polar surface area (TPSA) is 49.4 Å². The zero-order valence-electron chi connectivity index (χ0n) is 9.05. The second kappa shape index (κ2) is 4.89. The highest BCUT2D eigenvalue weighted by molar-refractivity contribution is 5.91. The minimum Gasteiger partial charge on any atom is -0.357 e. The Morgan fingerprint density at radius 2 is 2.00 bits per heavy atom. The summed E-state index contributed by atoms with van der Waals surface area (Å²) in [6.45, 7) is -0.112. The van der Waals surface area contributed by atoms with Crippen molar-refractivity contribution < 1.29 is 27.2 Å². The lowest BCUT2D eigenvalue weighted by atomic mass is 10.2. The van der Waals surface area contributed by atoms with Gasteiger partial charge >= 0.3 is 12.3 Å². The molecule has 1 N–H and O–H groups in total. The third kappa shape index (κ3) is 2.50. The summed E-state index contributed by atoms with van der Waals surface area (Å²) in [4.78, 5) is 23.1. The lowest BCUT2D eigenvalue weighted by Gasteiger charge is -2.27. The first-order chi connectivity index (χ1) is 7.82. The number of hydrogen-bond donors (Lipinski definition) is 1. The molecule has 1 aliphatic heterocycles. The lowest BCUT2D eigenvalue weighted by Crippen LogP contribution is -2.53.